The predicted octanol–water partition coefficient (Wildman–Crippen LogP) is 4.05. The third-order valence-corrected chi connectivity index (χ3v) is 4.21. The number of nitrogens with two attached hydrogens (primary N) is 1. The first-order valence-electron chi connectivity index (χ1n) is 7.87. The molecule has 1 aliphatic rings. The van der Waals surface area contributed by atoms with Crippen LogP contribution in [0.25, 0.3) is 17.2 Å². The van der Waals surface area contributed by atoms with Crippen molar-refractivity contribution in [3.05, 3.63) is 58.6 Å². The van der Waals surface area contributed by atoms with Gasteiger partial charge in [0.25, 0.3) is 0 Å². The van der Waals surface area contributed by atoms with Crippen molar-refractivity contribution in [1.29, 1.82) is 0 Å². The van der Waals surface area contributed by atoms with Gasteiger partial charge in [-0.3, -0.25) is 0 Å². The van der Waals surface area contributed by atoms with Gasteiger partial charge < -0.3 is 15.8 Å². The maximum atomic E-state index is 12.1. The summed E-state index contributed by atoms with van der Waals surface area (Å²) in [5, 5.41) is 3.91. The monoisotopic (exact) mass is 342 g/mol. The van der Waals surface area contributed by atoms with Gasteiger partial charge in [0.1, 0.15) is 0 Å². The van der Waals surface area contributed by atoms with Crippen LogP contribution < -0.4 is 11.1 Å². The Labute approximate surface area is 146 Å². The number of anilines is 1. The highest BCUT2D eigenvalue weighted by atomic mass is 35.5. The molecule has 3 N–H and O–H groups in total. The maximum absolute atomic E-state index is 12.1. The Morgan fingerprint density at radius 2 is 2.12 bits per heavy atom. The standard InChI is InChI=1S/C19H19ClN2O2/c1-2-24-19(23)14-10-13-9-12(15-5-3-4-6-16(15)20)7-8-17(13)22-18(21)11-14/h3-10,18,22H,2,11,21H2,1H3. The highest BCUT2D eigenvalue weighted by molar-refractivity contribution is 6.33. The van der Waals surface area contributed by atoms with Crippen LogP contribution in [0.2, 0.25) is 5.02 Å². The van der Waals surface area contributed by atoms with E-state index in [0.717, 1.165) is 22.4 Å². The highest BCUT2D eigenvalue weighted by Gasteiger charge is 2.20. The lowest BCUT2D eigenvalue weighted by atomic mass is 10.0. The SMILES string of the molecule is CCOC(=O)C1=Cc2cc(-c3ccccc3Cl)ccc2NC(N)C1. The fourth-order valence-electron chi connectivity index (χ4n) is 2.78. The fraction of sp³-hybridized carbons (Fsp3) is 0.211. The topological polar surface area (TPSA) is 64.3 Å². The van der Waals surface area contributed by atoms with Gasteiger partial charge in [0.05, 0.1) is 12.8 Å². The van der Waals surface area contributed by atoms with Crippen molar-refractivity contribution in [3.8, 4) is 11.1 Å². The van der Waals surface area contributed by atoms with Gasteiger partial charge in [-0.05, 0) is 42.3 Å². The zero-order valence-electron chi connectivity index (χ0n) is 13.4. The van der Waals surface area contributed by atoms with Gasteiger partial charge in [0, 0.05) is 28.3 Å². The fourth-order valence-corrected chi connectivity index (χ4v) is 3.02. The number of halogens is 1. The van der Waals surface area contributed by atoms with Crippen molar-refractivity contribution in [1.82, 2.24) is 0 Å². The molecule has 2 aromatic rings. The van der Waals surface area contributed by atoms with E-state index in [1.54, 1.807) is 6.92 Å². The quantitative estimate of drug-likeness (QED) is 0.826. The number of carbonyl (C=O) groups is 1. The van der Waals surface area contributed by atoms with Crippen molar-refractivity contribution < 1.29 is 9.53 Å². The molecule has 1 heterocycles. The Balaban J connectivity index is 2.05. The molecule has 124 valence electrons. The molecule has 1 aliphatic heterocycles. The average molecular weight is 343 g/mol. The molecule has 0 saturated carbocycles. The van der Waals surface area contributed by atoms with Gasteiger partial charge in [0.2, 0.25) is 0 Å². The summed E-state index contributed by atoms with van der Waals surface area (Å²) >= 11 is 6.29. The van der Waals surface area contributed by atoms with Gasteiger partial charge in [0.15, 0.2) is 0 Å². The second-order valence-corrected chi connectivity index (χ2v) is 6.03. The molecule has 24 heavy (non-hydrogen) atoms. The summed E-state index contributed by atoms with van der Waals surface area (Å²) in [6.07, 6.45) is 1.91. The van der Waals surface area contributed by atoms with Crippen LogP contribution in [0.15, 0.2) is 48.0 Å². The number of nitrogens with one attached hydrogen (secondary N) is 1. The smallest absolute Gasteiger partial charge is 0.334 e. The average Bonchev–Trinajstić information content (AvgIpc) is 2.73. The Kier molecular flexibility index (Phi) is 4.88. The van der Waals surface area contributed by atoms with E-state index >= 15 is 0 Å². The molecule has 0 fully saturated rings. The number of benzene rings is 2. The van der Waals surface area contributed by atoms with E-state index in [1.807, 2.05) is 48.5 Å². The number of fused-ring (bicyclic) bond motifs is 1. The Morgan fingerprint density at radius 1 is 1.33 bits per heavy atom. The van der Waals surface area contributed by atoms with Crippen LogP contribution in [-0.2, 0) is 9.53 Å². The number of hydrogen-bond donors (Lipinski definition) is 2. The molecule has 0 aromatic heterocycles. The van der Waals surface area contributed by atoms with Crippen molar-refractivity contribution in [2.75, 3.05) is 11.9 Å². The number of ether oxygens (including phenoxy) is 1. The largest absolute Gasteiger partial charge is 0.463 e. The maximum Gasteiger partial charge on any atom is 0.334 e. The lowest BCUT2D eigenvalue weighted by molar-refractivity contribution is -0.138. The molecule has 5 heteroatoms. The van der Waals surface area contributed by atoms with Gasteiger partial charge >= 0.3 is 5.97 Å². The lowest BCUT2D eigenvalue weighted by Crippen LogP contribution is -2.30. The van der Waals surface area contributed by atoms with Gasteiger partial charge in [-0.1, -0.05) is 35.9 Å². The molecule has 0 aliphatic carbocycles. The second kappa shape index (κ2) is 7.07. The highest BCUT2D eigenvalue weighted by Crippen LogP contribution is 2.33. The summed E-state index contributed by atoms with van der Waals surface area (Å²) in [6.45, 7) is 2.13. The third kappa shape index (κ3) is 3.45. The summed E-state index contributed by atoms with van der Waals surface area (Å²) < 4.78 is 5.12. The molecule has 1 atom stereocenters. The summed E-state index contributed by atoms with van der Waals surface area (Å²) in [7, 11) is 0. The molecule has 0 saturated heterocycles. The molecule has 0 bridgehead atoms. The molecule has 0 radical (unpaired) electrons. The minimum Gasteiger partial charge on any atom is -0.463 e. The molecule has 0 spiro atoms. The first-order chi connectivity index (χ1) is 11.6. The van der Waals surface area contributed by atoms with Crippen molar-refractivity contribution in [3.63, 3.8) is 0 Å². The van der Waals surface area contributed by atoms with Crippen LogP contribution in [-0.4, -0.2) is 18.7 Å². The van der Waals surface area contributed by atoms with Crippen LogP contribution in [0.1, 0.15) is 18.9 Å². The van der Waals surface area contributed by atoms with Crippen molar-refractivity contribution >= 4 is 29.3 Å². The van der Waals surface area contributed by atoms with Crippen LogP contribution in [0.5, 0.6) is 0 Å². The molecule has 4 nitrogen and oxygen atoms in total. The van der Waals surface area contributed by atoms with E-state index in [-0.39, 0.29) is 12.1 Å². The van der Waals surface area contributed by atoms with Crippen LogP contribution in [0.4, 0.5) is 5.69 Å². The van der Waals surface area contributed by atoms with Crippen LogP contribution in [0.3, 0.4) is 0 Å². The zero-order valence-corrected chi connectivity index (χ0v) is 14.1. The molecular weight excluding hydrogens is 324 g/mol. The minimum absolute atomic E-state index is 0.328. The number of esters is 1. The minimum atomic E-state index is -0.340. The Hall–Kier alpha value is -2.30. The summed E-state index contributed by atoms with van der Waals surface area (Å²) in [6, 6.07) is 13.6. The number of rotatable bonds is 3. The number of carbonyl (C=O) groups excluding carboxylic acids is 1. The molecule has 1 unspecified atom stereocenters. The van der Waals surface area contributed by atoms with Gasteiger partial charge in [-0.25, -0.2) is 4.79 Å². The van der Waals surface area contributed by atoms with E-state index in [4.69, 9.17) is 22.1 Å². The predicted molar refractivity (Wildman–Crippen MR) is 97.7 cm³/mol. The molecular formula is C19H19ClN2O2. The van der Waals surface area contributed by atoms with Crippen molar-refractivity contribution in [2.24, 2.45) is 5.73 Å². The summed E-state index contributed by atoms with van der Waals surface area (Å²) in [4.78, 5) is 12.1. The first kappa shape index (κ1) is 16.6. The van der Waals surface area contributed by atoms with E-state index in [2.05, 4.69) is 5.32 Å². The third-order valence-electron chi connectivity index (χ3n) is 3.88. The summed E-state index contributed by atoms with van der Waals surface area (Å²) in [5.41, 5.74) is 10.3. The van der Waals surface area contributed by atoms with E-state index in [0.29, 0.717) is 23.6 Å². The lowest BCUT2D eigenvalue weighted by Gasteiger charge is -2.15. The Bertz CT molecular complexity index is 802. The molecule has 0 amide bonds. The first-order valence-corrected chi connectivity index (χ1v) is 8.25. The van der Waals surface area contributed by atoms with E-state index in [1.165, 1.54) is 0 Å². The van der Waals surface area contributed by atoms with E-state index in [9.17, 15) is 4.79 Å². The Morgan fingerprint density at radius 3 is 2.88 bits per heavy atom. The van der Waals surface area contributed by atoms with Crippen LogP contribution >= 0.6 is 11.6 Å². The number of hydrogen-bond acceptors (Lipinski definition) is 4. The van der Waals surface area contributed by atoms with Crippen molar-refractivity contribution in [2.45, 2.75) is 19.5 Å². The van der Waals surface area contributed by atoms with Crippen LogP contribution in [0, 0.1) is 0 Å². The molecule has 2 aromatic carbocycles. The summed E-state index contributed by atoms with van der Waals surface area (Å²) in [5.74, 6) is -0.328. The zero-order chi connectivity index (χ0) is 17.1. The van der Waals surface area contributed by atoms with E-state index < -0.39 is 0 Å². The normalized spacial score (nSPS) is 16.5. The molecule has 3 rings (SSSR count). The second-order valence-electron chi connectivity index (χ2n) is 5.63. The van der Waals surface area contributed by atoms with Gasteiger partial charge in [-0.2, -0.15) is 0 Å². The van der Waals surface area contributed by atoms with Gasteiger partial charge in [-0.15, -0.1) is 0 Å².